The van der Waals surface area contributed by atoms with E-state index in [1.54, 1.807) is 0 Å². The second-order valence-electron chi connectivity index (χ2n) is 0. The summed E-state index contributed by atoms with van der Waals surface area (Å²) >= 11 is 0. The minimum absolute atomic E-state index is 0. The maximum atomic E-state index is 0. The van der Waals surface area contributed by atoms with Crippen molar-refractivity contribution in [3.63, 3.8) is 0 Å². The van der Waals surface area contributed by atoms with Crippen molar-refractivity contribution in [2.24, 2.45) is 0 Å². The zero-order chi connectivity index (χ0) is 0. The van der Waals surface area contributed by atoms with Gasteiger partial charge in [0.25, 0.3) is 0 Å². The fourth-order valence-corrected chi connectivity index (χ4v) is 0. The van der Waals surface area contributed by atoms with Crippen LogP contribution in [0.3, 0.4) is 0 Å². The average molecular weight is 344 g/mol. The zero-order valence-corrected chi connectivity index (χ0v) is 11.4. The first-order chi connectivity index (χ1) is 0. The van der Waals surface area contributed by atoms with Gasteiger partial charge in [-0.3, -0.25) is 0 Å². The van der Waals surface area contributed by atoms with Gasteiger partial charge in [-0.15, -0.1) is 0 Å². The Balaban J connectivity index is 0. The van der Waals surface area contributed by atoms with Gasteiger partial charge in [0, 0.05) is 75.1 Å². The normalized spacial score (nSPS) is 0. The summed E-state index contributed by atoms with van der Waals surface area (Å²) in [6.07, 6.45) is 0. The van der Waals surface area contributed by atoms with Crippen molar-refractivity contribution in [2.75, 3.05) is 0 Å². The molecule has 0 bridgehead atoms. The van der Waals surface area contributed by atoms with Gasteiger partial charge in [-0.2, -0.15) is 0 Å². The Morgan fingerprint density at radius 3 is 1.25 bits per heavy atom. The van der Waals surface area contributed by atoms with Gasteiger partial charge in [-0.25, -0.2) is 0 Å². The van der Waals surface area contributed by atoms with E-state index in [4.69, 9.17) is 0 Å². The van der Waals surface area contributed by atoms with Gasteiger partial charge in [0.15, 0.2) is 0 Å². The van der Waals surface area contributed by atoms with Crippen LogP contribution >= 0.6 is 0 Å². The third-order valence-electron chi connectivity index (χ3n) is 0. The van der Waals surface area contributed by atoms with E-state index in [0.29, 0.717) is 0 Å². The standard InChI is InChI=1S/Co.Mn.Pr.Sr.2H/q;;;+2;2*-1. The Bertz CT molecular complexity index is 13.5. The molecule has 0 N–H and O–H groups in total. The van der Waals surface area contributed by atoms with Gasteiger partial charge in [0.1, 0.15) is 0 Å². The summed E-state index contributed by atoms with van der Waals surface area (Å²) in [5, 5.41) is 0. The molecule has 0 aromatic carbocycles. The van der Waals surface area contributed by atoms with Crippen molar-refractivity contribution in [1.29, 1.82) is 0 Å². The minimum atomic E-state index is 0. The van der Waals surface area contributed by atoms with Crippen LogP contribution < -0.4 is 0 Å². The molecular weight excluding hydrogens is 342 g/mol. The molecular formula is H2CoMnPrSr. The Labute approximate surface area is 120 Å². The van der Waals surface area contributed by atoms with Crippen LogP contribution in [0.2, 0.25) is 0 Å². The monoisotopic (exact) mass is 345 g/mol. The molecule has 4 heavy (non-hydrogen) atoms. The number of hydrogen-bond donors (Lipinski definition) is 0. The van der Waals surface area contributed by atoms with E-state index in [-0.39, 0.29) is 123 Å². The van der Waals surface area contributed by atoms with Crippen LogP contribution in [-0.4, -0.2) is 45.5 Å². The van der Waals surface area contributed by atoms with Crippen molar-refractivity contribution in [1.82, 2.24) is 0 Å². The van der Waals surface area contributed by atoms with Crippen molar-refractivity contribution < 1.29 is 78.0 Å². The molecule has 0 aliphatic rings. The molecule has 0 aliphatic heterocycles. The van der Waals surface area contributed by atoms with Crippen LogP contribution in [0.4, 0.5) is 0 Å². The quantitative estimate of drug-likeness (QED) is 0.536. The van der Waals surface area contributed by atoms with E-state index in [2.05, 4.69) is 0 Å². The molecule has 0 aliphatic carbocycles. The molecule has 23 valence electrons. The first-order valence-electron chi connectivity index (χ1n) is 0. The summed E-state index contributed by atoms with van der Waals surface area (Å²) in [7, 11) is 0. The fourth-order valence-electron chi connectivity index (χ4n) is 0. The van der Waals surface area contributed by atoms with E-state index >= 15 is 0 Å². The van der Waals surface area contributed by atoms with E-state index in [1.165, 1.54) is 0 Å². The maximum absolute atomic E-state index is 0. The zero-order valence-electron chi connectivity index (χ0n) is 4.00. The molecule has 0 fully saturated rings. The van der Waals surface area contributed by atoms with Gasteiger partial charge in [0.2, 0.25) is 0 Å². The summed E-state index contributed by atoms with van der Waals surface area (Å²) in [6.45, 7) is 0. The largest absolute Gasteiger partial charge is 2.00 e. The second kappa shape index (κ2) is 15.8. The molecule has 0 amide bonds. The van der Waals surface area contributed by atoms with E-state index in [0.717, 1.165) is 0 Å². The molecule has 0 nitrogen and oxygen atoms in total. The second-order valence-corrected chi connectivity index (χ2v) is 0. The molecule has 0 aromatic heterocycles. The predicted molar refractivity (Wildman–Crippen MR) is 7.98 cm³/mol. The summed E-state index contributed by atoms with van der Waals surface area (Å²) in [5.41, 5.74) is 0. The summed E-state index contributed by atoms with van der Waals surface area (Å²) in [5.74, 6) is 0. The van der Waals surface area contributed by atoms with E-state index in [1.807, 2.05) is 0 Å². The van der Waals surface area contributed by atoms with E-state index < -0.39 is 0 Å². The third kappa shape index (κ3) is 9.30. The molecule has 4 heteroatoms. The molecule has 0 unspecified atom stereocenters. The van der Waals surface area contributed by atoms with Crippen LogP contribution in [0.1, 0.15) is 2.85 Å². The first-order valence-corrected chi connectivity index (χ1v) is 0. The van der Waals surface area contributed by atoms with Crippen LogP contribution in [0.15, 0.2) is 0 Å². The van der Waals surface area contributed by atoms with Gasteiger partial charge in [-0.1, -0.05) is 0 Å². The molecule has 0 atom stereocenters. The van der Waals surface area contributed by atoms with Crippen molar-refractivity contribution in [3.8, 4) is 0 Å². The van der Waals surface area contributed by atoms with Gasteiger partial charge in [0.05, 0.1) is 0 Å². The van der Waals surface area contributed by atoms with Gasteiger partial charge < -0.3 is 2.85 Å². The molecule has 0 saturated heterocycles. The summed E-state index contributed by atoms with van der Waals surface area (Å²) in [6, 6.07) is 0. The topological polar surface area (TPSA) is 0 Å². The van der Waals surface area contributed by atoms with Crippen LogP contribution in [0.5, 0.6) is 0 Å². The van der Waals surface area contributed by atoms with Crippen molar-refractivity contribution >= 4 is 45.5 Å². The van der Waals surface area contributed by atoms with E-state index in [9.17, 15) is 0 Å². The number of rotatable bonds is 0. The average Bonchev–Trinajstić information content (AvgIpc) is 0. The van der Waals surface area contributed by atoms with Crippen LogP contribution in [0, 0.1) is 41.3 Å². The molecule has 0 rings (SSSR count). The van der Waals surface area contributed by atoms with Crippen LogP contribution in [0.25, 0.3) is 0 Å². The predicted octanol–water partition coefficient (Wildman–Crippen LogP) is -0.161. The third-order valence-corrected chi connectivity index (χ3v) is 0. The molecule has 3 radical (unpaired) electrons. The molecule has 0 spiro atoms. The SMILES string of the molecule is [Co].[H-].[H-].[Mn].[Pr].[Sr+2]. The van der Waals surface area contributed by atoms with Gasteiger partial charge in [-0.05, 0) is 0 Å². The Morgan fingerprint density at radius 1 is 1.25 bits per heavy atom. The summed E-state index contributed by atoms with van der Waals surface area (Å²) < 4.78 is 0. The van der Waals surface area contributed by atoms with Crippen molar-refractivity contribution in [2.45, 2.75) is 0 Å². The van der Waals surface area contributed by atoms with Gasteiger partial charge >= 0.3 is 45.5 Å². The molecule has 0 aromatic rings. The number of hydrogen-bond acceptors (Lipinski definition) is 0. The minimum Gasteiger partial charge on any atom is -1.00 e. The first kappa shape index (κ1) is 24.8. The molecule has 0 saturated carbocycles. The Kier molecular flexibility index (Phi) is 98.0. The van der Waals surface area contributed by atoms with Crippen molar-refractivity contribution in [3.05, 3.63) is 0 Å². The Hall–Kier alpha value is 3.87. The molecule has 0 heterocycles. The van der Waals surface area contributed by atoms with Crippen LogP contribution in [-0.2, 0) is 33.8 Å². The summed E-state index contributed by atoms with van der Waals surface area (Å²) in [4.78, 5) is 0. The Morgan fingerprint density at radius 2 is 1.25 bits per heavy atom. The maximum Gasteiger partial charge on any atom is 2.00 e. The fraction of sp³-hybridized carbons (Fsp3) is 0. The smallest absolute Gasteiger partial charge is 1.00 e.